The Kier molecular flexibility index (Phi) is 6.82. The first-order valence-corrected chi connectivity index (χ1v) is 11.2. The van der Waals surface area contributed by atoms with Crippen LogP contribution >= 0.6 is 0 Å². The van der Waals surface area contributed by atoms with E-state index in [1.807, 2.05) is 6.92 Å². The zero-order valence-electron chi connectivity index (χ0n) is 17.2. The summed E-state index contributed by atoms with van der Waals surface area (Å²) >= 11 is 0. The Hall–Kier alpha value is -2.63. The lowest BCUT2D eigenvalue weighted by molar-refractivity contribution is -0.274. The standard InChI is InChI=1S/C21H23F3N2O5S/c1-15-2-8-18(9-3-15)32(29,30)26-12-10-20(14-27,11-13-26)19(28)25-16-4-6-17(7-5-16)31-21(22,23)24/h2-9,27H,10-14H2,1H3,(H,25,28). The molecule has 32 heavy (non-hydrogen) atoms. The van der Waals surface area contributed by atoms with Crippen molar-refractivity contribution < 1.29 is 36.2 Å². The monoisotopic (exact) mass is 472 g/mol. The van der Waals surface area contributed by atoms with Crippen LogP contribution in [0, 0.1) is 12.3 Å². The number of anilines is 1. The number of hydrogen-bond acceptors (Lipinski definition) is 5. The molecule has 0 radical (unpaired) electrons. The van der Waals surface area contributed by atoms with Gasteiger partial charge in [0.15, 0.2) is 0 Å². The predicted molar refractivity (Wildman–Crippen MR) is 110 cm³/mol. The minimum atomic E-state index is -4.82. The van der Waals surface area contributed by atoms with Gasteiger partial charge in [-0.05, 0) is 56.2 Å². The van der Waals surface area contributed by atoms with Crippen molar-refractivity contribution in [3.63, 3.8) is 0 Å². The molecule has 1 saturated heterocycles. The molecule has 1 amide bonds. The summed E-state index contributed by atoms with van der Waals surface area (Å²) in [6.45, 7) is 1.44. The molecule has 1 heterocycles. The largest absolute Gasteiger partial charge is 0.573 e. The number of sulfonamides is 1. The summed E-state index contributed by atoms with van der Waals surface area (Å²) in [6.07, 6.45) is -4.63. The Morgan fingerprint density at radius 2 is 1.66 bits per heavy atom. The Balaban J connectivity index is 1.66. The van der Waals surface area contributed by atoms with Crippen molar-refractivity contribution in [2.24, 2.45) is 5.41 Å². The number of benzene rings is 2. The average Bonchev–Trinajstić information content (AvgIpc) is 2.74. The van der Waals surface area contributed by atoms with Crippen LogP contribution in [0.2, 0.25) is 0 Å². The number of alkyl halides is 3. The van der Waals surface area contributed by atoms with Crippen LogP contribution in [-0.4, -0.2) is 49.8 Å². The number of carbonyl (C=O) groups excluding carboxylic acids is 1. The van der Waals surface area contributed by atoms with E-state index in [0.717, 1.165) is 17.7 Å². The van der Waals surface area contributed by atoms with Crippen LogP contribution in [0.4, 0.5) is 18.9 Å². The van der Waals surface area contributed by atoms with Gasteiger partial charge in [0.25, 0.3) is 0 Å². The lowest BCUT2D eigenvalue weighted by atomic mass is 9.78. The maximum atomic E-state index is 12.9. The summed E-state index contributed by atoms with van der Waals surface area (Å²) in [4.78, 5) is 13.0. The summed E-state index contributed by atoms with van der Waals surface area (Å²) in [7, 11) is -3.73. The molecule has 0 saturated carbocycles. The Morgan fingerprint density at radius 3 is 2.16 bits per heavy atom. The molecule has 0 spiro atoms. The summed E-state index contributed by atoms with van der Waals surface area (Å²) in [5.41, 5.74) is -0.0518. The fraction of sp³-hybridized carbons (Fsp3) is 0.381. The molecule has 3 rings (SSSR count). The maximum Gasteiger partial charge on any atom is 0.573 e. The highest BCUT2D eigenvalue weighted by Gasteiger charge is 2.43. The third kappa shape index (κ3) is 5.40. The van der Waals surface area contributed by atoms with E-state index in [1.165, 1.54) is 28.6 Å². The quantitative estimate of drug-likeness (QED) is 0.673. The van der Waals surface area contributed by atoms with E-state index in [4.69, 9.17) is 0 Å². The highest BCUT2D eigenvalue weighted by Crippen LogP contribution is 2.35. The van der Waals surface area contributed by atoms with Crippen molar-refractivity contribution in [1.82, 2.24) is 4.31 Å². The van der Waals surface area contributed by atoms with E-state index in [-0.39, 0.29) is 36.5 Å². The molecule has 0 unspecified atom stereocenters. The normalized spacial score (nSPS) is 17.0. The molecule has 2 aromatic carbocycles. The topological polar surface area (TPSA) is 95.9 Å². The van der Waals surface area contributed by atoms with Gasteiger partial charge >= 0.3 is 6.36 Å². The van der Waals surface area contributed by atoms with Gasteiger partial charge in [0.2, 0.25) is 15.9 Å². The van der Waals surface area contributed by atoms with Crippen molar-refractivity contribution in [2.75, 3.05) is 25.0 Å². The number of aliphatic hydroxyl groups excluding tert-OH is 1. The number of halogens is 3. The van der Waals surface area contributed by atoms with Gasteiger partial charge in [-0.1, -0.05) is 17.7 Å². The lowest BCUT2D eigenvalue weighted by Crippen LogP contribution is -2.50. The lowest BCUT2D eigenvalue weighted by Gasteiger charge is -2.38. The van der Waals surface area contributed by atoms with E-state index in [1.54, 1.807) is 12.1 Å². The number of nitrogens with zero attached hydrogens (tertiary/aromatic N) is 1. The number of amides is 1. The fourth-order valence-corrected chi connectivity index (χ4v) is 4.92. The highest BCUT2D eigenvalue weighted by molar-refractivity contribution is 7.89. The first-order chi connectivity index (χ1) is 14.9. The van der Waals surface area contributed by atoms with Gasteiger partial charge in [-0.3, -0.25) is 4.79 Å². The molecule has 2 N–H and O–H groups in total. The third-order valence-corrected chi connectivity index (χ3v) is 7.38. The van der Waals surface area contributed by atoms with Gasteiger partial charge in [-0.2, -0.15) is 4.31 Å². The molecular weight excluding hydrogens is 449 g/mol. The van der Waals surface area contributed by atoms with Gasteiger partial charge in [0.05, 0.1) is 16.9 Å². The number of ether oxygens (including phenoxy) is 1. The van der Waals surface area contributed by atoms with E-state index in [0.29, 0.717) is 0 Å². The second kappa shape index (κ2) is 9.08. The van der Waals surface area contributed by atoms with Gasteiger partial charge in [-0.15, -0.1) is 13.2 Å². The number of aryl methyl sites for hydroxylation is 1. The molecular formula is C21H23F3N2O5S. The molecule has 0 atom stereocenters. The van der Waals surface area contributed by atoms with E-state index < -0.39 is 40.1 Å². The van der Waals surface area contributed by atoms with Crippen LogP contribution in [0.5, 0.6) is 5.75 Å². The van der Waals surface area contributed by atoms with Gasteiger partial charge in [0, 0.05) is 18.8 Å². The van der Waals surface area contributed by atoms with Crippen molar-refractivity contribution in [2.45, 2.75) is 31.0 Å². The first-order valence-electron chi connectivity index (χ1n) is 9.80. The van der Waals surface area contributed by atoms with Crippen molar-refractivity contribution >= 4 is 21.6 Å². The Morgan fingerprint density at radius 1 is 1.09 bits per heavy atom. The Bertz CT molecular complexity index is 1050. The van der Waals surface area contributed by atoms with Crippen LogP contribution in [0.1, 0.15) is 18.4 Å². The molecule has 174 valence electrons. The van der Waals surface area contributed by atoms with Gasteiger partial charge in [-0.25, -0.2) is 8.42 Å². The summed E-state index contributed by atoms with van der Waals surface area (Å²) in [5.74, 6) is -0.959. The first kappa shape index (κ1) is 24.0. The number of piperidine rings is 1. The molecule has 7 nitrogen and oxygen atoms in total. The van der Waals surface area contributed by atoms with Crippen LogP contribution in [0.25, 0.3) is 0 Å². The van der Waals surface area contributed by atoms with Crippen molar-refractivity contribution in [1.29, 1.82) is 0 Å². The fourth-order valence-electron chi connectivity index (χ4n) is 3.47. The summed E-state index contributed by atoms with van der Waals surface area (Å²) in [6, 6.07) is 11.1. The maximum absolute atomic E-state index is 12.9. The van der Waals surface area contributed by atoms with Crippen LogP contribution in [0.15, 0.2) is 53.4 Å². The molecule has 0 aromatic heterocycles. The molecule has 11 heteroatoms. The number of aliphatic hydroxyl groups is 1. The number of nitrogens with one attached hydrogen (secondary N) is 1. The van der Waals surface area contributed by atoms with Gasteiger partial charge < -0.3 is 15.2 Å². The van der Waals surface area contributed by atoms with Gasteiger partial charge in [0.1, 0.15) is 5.75 Å². The average molecular weight is 472 g/mol. The van der Waals surface area contributed by atoms with Crippen LogP contribution in [-0.2, 0) is 14.8 Å². The summed E-state index contributed by atoms with van der Waals surface area (Å²) < 4.78 is 67.6. The summed E-state index contributed by atoms with van der Waals surface area (Å²) in [5, 5.41) is 12.5. The molecule has 0 aliphatic carbocycles. The zero-order chi connectivity index (χ0) is 23.6. The van der Waals surface area contributed by atoms with Crippen LogP contribution in [0.3, 0.4) is 0 Å². The second-order valence-corrected chi connectivity index (χ2v) is 9.62. The Labute approximate surface area is 183 Å². The SMILES string of the molecule is Cc1ccc(S(=O)(=O)N2CCC(CO)(C(=O)Nc3ccc(OC(F)(F)F)cc3)CC2)cc1. The molecule has 1 fully saturated rings. The highest BCUT2D eigenvalue weighted by atomic mass is 32.2. The molecule has 1 aliphatic rings. The van der Waals surface area contributed by atoms with E-state index in [9.17, 15) is 31.5 Å². The third-order valence-electron chi connectivity index (χ3n) is 5.47. The van der Waals surface area contributed by atoms with Crippen LogP contribution < -0.4 is 10.1 Å². The minimum Gasteiger partial charge on any atom is -0.406 e. The number of carbonyl (C=O) groups is 1. The smallest absolute Gasteiger partial charge is 0.406 e. The van der Waals surface area contributed by atoms with Crippen molar-refractivity contribution in [3.05, 3.63) is 54.1 Å². The van der Waals surface area contributed by atoms with Crippen molar-refractivity contribution in [3.8, 4) is 5.75 Å². The molecule has 1 aliphatic heterocycles. The second-order valence-electron chi connectivity index (χ2n) is 7.68. The minimum absolute atomic E-state index is 0.0442. The van der Waals surface area contributed by atoms with E-state index >= 15 is 0 Å². The molecule has 2 aromatic rings. The zero-order valence-corrected chi connectivity index (χ0v) is 18.0. The number of rotatable bonds is 6. The predicted octanol–water partition coefficient (Wildman–Crippen LogP) is 3.30. The molecule has 0 bridgehead atoms. The number of hydrogen-bond donors (Lipinski definition) is 2. The van der Waals surface area contributed by atoms with E-state index in [2.05, 4.69) is 10.1 Å².